The highest BCUT2D eigenvalue weighted by Gasteiger charge is 2.57. The van der Waals surface area contributed by atoms with E-state index in [0.717, 1.165) is 87.3 Å². The Kier molecular flexibility index (Phi) is 13.0. The van der Waals surface area contributed by atoms with Gasteiger partial charge < -0.3 is 0 Å². The minimum Gasteiger partial charge on any atom is -0.256 e. The van der Waals surface area contributed by atoms with Gasteiger partial charge in [0.2, 0.25) is 0 Å². The van der Waals surface area contributed by atoms with E-state index in [4.69, 9.17) is 4.98 Å². The third kappa shape index (κ3) is 9.52. The van der Waals surface area contributed by atoms with E-state index in [-0.39, 0.29) is 16.2 Å². The molecular formula is C71H62N4. The number of fused-ring (bicyclic) bond motifs is 1. The fourth-order valence-electron chi connectivity index (χ4n) is 11.3. The molecule has 1 aliphatic carbocycles. The molecule has 75 heavy (non-hydrogen) atoms. The van der Waals surface area contributed by atoms with Gasteiger partial charge in [-0.2, -0.15) is 5.26 Å². The largest absolute Gasteiger partial charge is 0.256 e. The Labute approximate surface area is 443 Å². The first kappa shape index (κ1) is 48.7. The van der Waals surface area contributed by atoms with E-state index in [2.05, 4.69) is 215 Å². The summed E-state index contributed by atoms with van der Waals surface area (Å²) >= 11 is 0. The van der Waals surface area contributed by atoms with E-state index >= 15 is 0 Å². The lowest BCUT2D eigenvalue weighted by molar-refractivity contribution is 0.125. The summed E-state index contributed by atoms with van der Waals surface area (Å²) in [6.07, 6.45) is 9.53. The SMILES string of the molecule is CC1(C)c2cnc(-c3ccc(-c4ccccc4-c4cc(CCc5ccc(-c6ccccn6)cc5)cc(CCc5ccc(-c6ccccn6)cc5)c4)c(-c4ccc(-c5ccc(C#N)cc5)cc4)c3)cc2C(C)(C)C1(C)C. The van der Waals surface area contributed by atoms with Gasteiger partial charge in [0.15, 0.2) is 0 Å². The second kappa shape index (κ2) is 20.1. The van der Waals surface area contributed by atoms with Crippen LogP contribution in [0.4, 0.5) is 0 Å². The molecule has 11 rings (SSSR count). The average Bonchev–Trinajstić information content (AvgIpc) is 3.57. The molecule has 10 aromatic rings. The number of aromatic nitrogens is 3. The lowest BCUT2D eigenvalue weighted by Crippen LogP contribution is -2.42. The number of hydrogen-bond donors (Lipinski definition) is 0. The molecule has 7 aromatic carbocycles. The minimum atomic E-state index is -0.0463. The van der Waals surface area contributed by atoms with Gasteiger partial charge in [-0.25, -0.2) is 0 Å². The summed E-state index contributed by atoms with van der Waals surface area (Å²) in [5.41, 5.74) is 24.1. The van der Waals surface area contributed by atoms with Crippen LogP contribution in [-0.2, 0) is 36.5 Å². The highest BCUT2D eigenvalue weighted by molar-refractivity contribution is 5.94. The van der Waals surface area contributed by atoms with Crippen molar-refractivity contribution >= 4 is 0 Å². The molecule has 4 heteroatoms. The van der Waals surface area contributed by atoms with E-state index in [1.54, 1.807) is 0 Å². The topological polar surface area (TPSA) is 62.5 Å². The van der Waals surface area contributed by atoms with Crippen LogP contribution in [0.25, 0.3) is 78.3 Å². The van der Waals surface area contributed by atoms with Crippen LogP contribution in [0.3, 0.4) is 0 Å². The van der Waals surface area contributed by atoms with Crippen LogP contribution in [0, 0.1) is 16.7 Å². The summed E-state index contributed by atoms with van der Waals surface area (Å²) in [6.45, 7) is 14.4. The lowest BCUT2D eigenvalue weighted by Gasteiger charge is -2.44. The predicted octanol–water partition coefficient (Wildman–Crippen LogP) is 17.6. The zero-order valence-corrected chi connectivity index (χ0v) is 43.9. The van der Waals surface area contributed by atoms with Crippen LogP contribution in [0.1, 0.15) is 80.5 Å². The number of nitrogens with zero attached hydrogens (tertiary/aromatic N) is 4. The average molecular weight is 971 g/mol. The number of hydrogen-bond acceptors (Lipinski definition) is 4. The molecule has 0 amide bonds. The molecule has 1 aliphatic rings. The van der Waals surface area contributed by atoms with E-state index in [0.29, 0.717) is 5.56 Å². The van der Waals surface area contributed by atoms with Crippen LogP contribution >= 0.6 is 0 Å². The van der Waals surface area contributed by atoms with Crippen molar-refractivity contribution in [2.75, 3.05) is 0 Å². The molecular weight excluding hydrogens is 909 g/mol. The lowest BCUT2D eigenvalue weighted by atomic mass is 9.59. The Bertz CT molecular complexity index is 3590. The summed E-state index contributed by atoms with van der Waals surface area (Å²) in [7, 11) is 0. The van der Waals surface area contributed by atoms with Gasteiger partial charge >= 0.3 is 0 Å². The number of nitriles is 1. The van der Waals surface area contributed by atoms with E-state index in [1.807, 2.05) is 60.9 Å². The highest BCUT2D eigenvalue weighted by atomic mass is 14.7. The van der Waals surface area contributed by atoms with Crippen LogP contribution in [-0.4, -0.2) is 15.0 Å². The molecule has 0 fully saturated rings. The molecule has 0 atom stereocenters. The first-order chi connectivity index (χ1) is 36.4. The number of rotatable bonds is 13. The fourth-order valence-corrected chi connectivity index (χ4v) is 11.3. The maximum Gasteiger partial charge on any atom is 0.0991 e. The smallest absolute Gasteiger partial charge is 0.0991 e. The van der Waals surface area contributed by atoms with Crippen molar-refractivity contribution in [1.82, 2.24) is 15.0 Å². The van der Waals surface area contributed by atoms with Gasteiger partial charge in [0.1, 0.15) is 0 Å². The molecule has 0 aliphatic heterocycles. The van der Waals surface area contributed by atoms with Crippen LogP contribution < -0.4 is 0 Å². The van der Waals surface area contributed by atoms with Crippen molar-refractivity contribution in [2.45, 2.75) is 78.1 Å². The molecule has 4 nitrogen and oxygen atoms in total. The van der Waals surface area contributed by atoms with Crippen molar-refractivity contribution in [2.24, 2.45) is 5.41 Å². The van der Waals surface area contributed by atoms with Gasteiger partial charge in [0.25, 0.3) is 0 Å². The van der Waals surface area contributed by atoms with Gasteiger partial charge in [-0.05, 0) is 168 Å². The number of pyridine rings is 3. The first-order valence-corrected chi connectivity index (χ1v) is 26.4. The van der Waals surface area contributed by atoms with Crippen molar-refractivity contribution in [1.29, 1.82) is 5.26 Å². The zero-order chi connectivity index (χ0) is 51.7. The molecule has 366 valence electrons. The molecule has 0 bridgehead atoms. The van der Waals surface area contributed by atoms with Gasteiger partial charge in [-0.3, -0.25) is 15.0 Å². The van der Waals surface area contributed by atoms with Crippen molar-refractivity contribution in [3.05, 3.63) is 258 Å². The van der Waals surface area contributed by atoms with Crippen LogP contribution in [0.15, 0.2) is 219 Å². The molecule has 3 heterocycles. The summed E-state index contributed by atoms with van der Waals surface area (Å²) in [5, 5.41) is 9.48. The van der Waals surface area contributed by atoms with Crippen molar-refractivity contribution in [3.8, 4) is 84.3 Å². The standard InChI is InChI=1S/C71H62N4/c1-69(2)64-45-68(75-47-65(64)70(3,4)71(69,5)6)58-37-38-62(63(44-58)55-35-33-54(34-36-55)53-27-25-50(46-72)26-28-53)61-14-8-7-13-60(61)59-42-51(19-17-48-21-29-56(30-22-48)66-15-9-11-39-73-66)41-52(43-59)20-18-49-23-31-57(32-24-49)67-16-10-12-40-74-67/h7-16,21-45,47H,17-20H2,1-6H3. The van der Waals surface area contributed by atoms with Gasteiger partial charge in [-0.1, -0.05) is 193 Å². The Balaban J connectivity index is 0.985. The molecule has 0 spiro atoms. The first-order valence-electron chi connectivity index (χ1n) is 26.4. The monoisotopic (exact) mass is 970 g/mol. The predicted molar refractivity (Wildman–Crippen MR) is 310 cm³/mol. The van der Waals surface area contributed by atoms with E-state index in [1.165, 1.54) is 50.1 Å². The molecule has 0 radical (unpaired) electrons. The number of benzene rings is 7. The normalized spacial score (nSPS) is 14.0. The zero-order valence-electron chi connectivity index (χ0n) is 43.9. The van der Waals surface area contributed by atoms with Crippen molar-refractivity contribution in [3.63, 3.8) is 0 Å². The fraction of sp³-hybridized carbons (Fsp3) is 0.183. The molecule has 0 saturated heterocycles. The Morgan fingerprint density at radius 3 is 1.36 bits per heavy atom. The Morgan fingerprint density at radius 1 is 0.347 bits per heavy atom. The van der Waals surface area contributed by atoms with Crippen molar-refractivity contribution < 1.29 is 0 Å². The summed E-state index contributed by atoms with van der Waals surface area (Å²) in [5.74, 6) is 0. The quantitative estimate of drug-likeness (QED) is 0.115. The second-order valence-corrected chi connectivity index (χ2v) is 21.9. The molecule has 0 saturated carbocycles. The number of aryl methyl sites for hydroxylation is 4. The third-order valence-corrected chi connectivity index (χ3v) is 17.0. The molecule has 0 unspecified atom stereocenters. The Hall–Kier alpha value is -8.52. The van der Waals surface area contributed by atoms with E-state index in [9.17, 15) is 5.26 Å². The molecule has 0 N–H and O–H groups in total. The molecule has 3 aromatic heterocycles. The maximum absolute atomic E-state index is 9.48. The van der Waals surface area contributed by atoms with Gasteiger partial charge in [0.05, 0.1) is 28.7 Å². The highest BCUT2D eigenvalue weighted by Crippen LogP contribution is 2.61. The summed E-state index contributed by atoms with van der Waals surface area (Å²) < 4.78 is 0. The van der Waals surface area contributed by atoms with Gasteiger partial charge in [0, 0.05) is 35.3 Å². The van der Waals surface area contributed by atoms with Crippen LogP contribution in [0.2, 0.25) is 0 Å². The Morgan fingerprint density at radius 2 is 0.813 bits per heavy atom. The van der Waals surface area contributed by atoms with Crippen LogP contribution in [0.5, 0.6) is 0 Å². The summed E-state index contributed by atoms with van der Waals surface area (Å²) in [4.78, 5) is 14.4. The second-order valence-electron chi connectivity index (χ2n) is 21.9. The summed E-state index contributed by atoms with van der Waals surface area (Å²) in [6, 6.07) is 74.4. The minimum absolute atomic E-state index is 0.0257. The maximum atomic E-state index is 9.48. The third-order valence-electron chi connectivity index (χ3n) is 17.0. The van der Waals surface area contributed by atoms with Gasteiger partial charge in [-0.15, -0.1) is 0 Å². The van der Waals surface area contributed by atoms with E-state index < -0.39 is 0 Å².